The largest absolute Gasteiger partial charge is 0.326 e. The molecule has 0 aromatic heterocycles. The van der Waals surface area contributed by atoms with Crippen LogP contribution in [0, 0.1) is 0 Å². The number of nitrogens with zero attached hydrogens (tertiary/aromatic N) is 1. The van der Waals surface area contributed by atoms with E-state index < -0.39 is 0 Å². The third-order valence-electron chi connectivity index (χ3n) is 2.80. The maximum Gasteiger partial charge on any atom is 0.326 e. The summed E-state index contributed by atoms with van der Waals surface area (Å²) < 4.78 is 1.97. The zero-order valence-corrected chi connectivity index (χ0v) is 14.1. The van der Waals surface area contributed by atoms with Crippen molar-refractivity contribution in [1.29, 1.82) is 0 Å². The molecule has 0 spiro atoms. The van der Waals surface area contributed by atoms with Gasteiger partial charge in [0.2, 0.25) is 0 Å². The molecule has 2 rings (SSSR count). The van der Waals surface area contributed by atoms with Gasteiger partial charge in [-0.15, -0.1) is 0 Å². The van der Waals surface area contributed by atoms with Crippen molar-refractivity contribution in [2.45, 2.75) is 6.92 Å². The molecule has 0 aliphatic carbocycles. The Kier molecular flexibility index (Phi) is 5.20. The molecule has 0 saturated carbocycles. The van der Waals surface area contributed by atoms with Gasteiger partial charge in [0.15, 0.2) is 0 Å². The fraction of sp³-hybridized carbons (Fsp3) is 0.133. The van der Waals surface area contributed by atoms with E-state index in [-0.39, 0.29) is 6.03 Å². The summed E-state index contributed by atoms with van der Waals surface area (Å²) in [7, 11) is 0. The van der Waals surface area contributed by atoms with Crippen LogP contribution in [-0.4, -0.2) is 12.6 Å². The topological polar surface area (TPSA) is 32.3 Å². The second-order valence-corrected chi connectivity index (χ2v) is 5.99. The van der Waals surface area contributed by atoms with Crippen molar-refractivity contribution in [2.75, 3.05) is 16.8 Å². The Hall–Kier alpha value is -1.33. The number of halogens is 2. The van der Waals surface area contributed by atoms with E-state index in [4.69, 9.17) is 0 Å². The zero-order chi connectivity index (χ0) is 14.5. The van der Waals surface area contributed by atoms with E-state index in [9.17, 15) is 4.79 Å². The lowest BCUT2D eigenvalue weighted by Crippen LogP contribution is -2.34. The van der Waals surface area contributed by atoms with Crippen LogP contribution in [0.4, 0.5) is 16.2 Å². The van der Waals surface area contributed by atoms with Gasteiger partial charge in [-0.25, -0.2) is 4.79 Å². The van der Waals surface area contributed by atoms with Gasteiger partial charge in [-0.1, -0.05) is 31.9 Å². The van der Waals surface area contributed by atoms with Gasteiger partial charge in [-0.2, -0.15) is 0 Å². The predicted molar refractivity (Wildman–Crippen MR) is 90.3 cm³/mol. The molecule has 1 N–H and O–H groups in total. The third kappa shape index (κ3) is 3.84. The fourth-order valence-corrected chi connectivity index (χ4v) is 2.32. The van der Waals surface area contributed by atoms with E-state index in [0.29, 0.717) is 6.54 Å². The SMILES string of the molecule is CCN(C(=O)Nc1ccc(Br)cc1)c1ccc(Br)cc1. The molecule has 0 fully saturated rings. The first-order valence-corrected chi connectivity index (χ1v) is 7.78. The van der Waals surface area contributed by atoms with Crippen molar-refractivity contribution in [3.05, 3.63) is 57.5 Å². The van der Waals surface area contributed by atoms with Gasteiger partial charge in [0, 0.05) is 26.9 Å². The average molecular weight is 398 g/mol. The van der Waals surface area contributed by atoms with Gasteiger partial charge in [0.05, 0.1) is 0 Å². The lowest BCUT2D eigenvalue weighted by Gasteiger charge is -2.21. The van der Waals surface area contributed by atoms with Crippen molar-refractivity contribution in [1.82, 2.24) is 0 Å². The molecule has 20 heavy (non-hydrogen) atoms. The predicted octanol–water partition coefficient (Wildman–Crippen LogP) is 5.27. The van der Waals surface area contributed by atoms with Gasteiger partial charge in [0.25, 0.3) is 0 Å². The van der Waals surface area contributed by atoms with Crippen molar-refractivity contribution < 1.29 is 4.79 Å². The Balaban J connectivity index is 2.13. The summed E-state index contributed by atoms with van der Waals surface area (Å²) in [5.74, 6) is 0. The molecule has 0 heterocycles. The van der Waals surface area contributed by atoms with Crippen molar-refractivity contribution in [2.24, 2.45) is 0 Å². The maximum absolute atomic E-state index is 12.3. The monoisotopic (exact) mass is 396 g/mol. The number of amides is 2. The molecule has 2 aromatic carbocycles. The van der Waals surface area contributed by atoms with Gasteiger partial charge >= 0.3 is 6.03 Å². The maximum atomic E-state index is 12.3. The quantitative estimate of drug-likeness (QED) is 0.751. The molecule has 2 aromatic rings. The standard InChI is InChI=1S/C15H14Br2N2O/c1-2-19(14-9-5-12(17)6-10-14)15(20)18-13-7-3-11(16)4-8-13/h3-10H,2H2,1H3,(H,18,20). The average Bonchev–Trinajstić information content (AvgIpc) is 2.44. The number of urea groups is 1. The normalized spacial score (nSPS) is 10.2. The zero-order valence-electron chi connectivity index (χ0n) is 10.9. The summed E-state index contributed by atoms with van der Waals surface area (Å²) in [5, 5.41) is 2.89. The minimum absolute atomic E-state index is 0.142. The van der Waals surface area contributed by atoms with Crippen LogP contribution < -0.4 is 10.2 Å². The highest BCUT2D eigenvalue weighted by Crippen LogP contribution is 2.20. The second kappa shape index (κ2) is 6.90. The number of carbonyl (C=O) groups excluding carboxylic acids is 1. The Morgan fingerprint density at radius 1 is 1.00 bits per heavy atom. The summed E-state index contributed by atoms with van der Waals surface area (Å²) in [6, 6.07) is 15.0. The van der Waals surface area contributed by atoms with E-state index in [1.54, 1.807) is 4.90 Å². The number of carbonyl (C=O) groups is 1. The molecule has 0 radical (unpaired) electrons. The minimum Gasteiger partial charge on any atom is -0.308 e. The Morgan fingerprint density at radius 3 is 2.00 bits per heavy atom. The third-order valence-corrected chi connectivity index (χ3v) is 3.85. The Morgan fingerprint density at radius 2 is 1.50 bits per heavy atom. The molecule has 3 nitrogen and oxygen atoms in total. The van der Waals surface area contributed by atoms with Crippen LogP contribution in [-0.2, 0) is 0 Å². The van der Waals surface area contributed by atoms with Gasteiger partial charge < -0.3 is 5.32 Å². The number of hydrogen-bond donors (Lipinski definition) is 1. The van der Waals surface area contributed by atoms with Crippen LogP contribution in [0.5, 0.6) is 0 Å². The van der Waals surface area contributed by atoms with Gasteiger partial charge in [0.1, 0.15) is 0 Å². The summed E-state index contributed by atoms with van der Waals surface area (Å²) in [6.07, 6.45) is 0. The lowest BCUT2D eigenvalue weighted by molar-refractivity contribution is 0.257. The fourth-order valence-electron chi connectivity index (χ4n) is 1.79. The molecule has 0 aliphatic rings. The first kappa shape index (κ1) is 15.1. The van der Waals surface area contributed by atoms with Crippen LogP contribution in [0.3, 0.4) is 0 Å². The van der Waals surface area contributed by atoms with E-state index >= 15 is 0 Å². The van der Waals surface area contributed by atoms with E-state index in [1.165, 1.54) is 0 Å². The van der Waals surface area contributed by atoms with E-state index in [1.807, 2.05) is 55.5 Å². The molecule has 0 saturated heterocycles. The first-order chi connectivity index (χ1) is 9.60. The lowest BCUT2D eigenvalue weighted by atomic mass is 10.3. The van der Waals surface area contributed by atoms with E-state index in [0.717, 1.165) is 20.3 Å². The minimum atomic E-state index is -0.142. The number of nitrogens with one attached hydrogen (secondary N) is 1. The summed E-state index contributed by atoms with van der Waals surface area (Å²) in [6.45, 7) is 2.55. The molecule has 5 heteroatoms. The molecule has 2 amide bonds. The highest BCUT2D eigenvalue weighted by atomic mass is 79.9. The molecule has 0 unspecified atom stereocenters. The summed E-state index contributed by atoms with van der Waals surface area (Å²) >= 11 is 6.76. The molecular formula is C15H14Br2N2O. The van der Waals surface area contributed by atoms with E-state index in [2.05, 4.69) is 37.2 Å². The molecule has 0 aliphatic heterocycles. The van der Waals surface area contributed by atoms with Crippen molar-refractivity contribution in [3.63, 3.8) is 0 Å². The Bertz CT molecular complexity index is 582. The van der Waals surface area contributed by atoms with Crippen LogP contribution in [0.1, 0.15) is 6.92 Å². The summed E-state index contributed by atoms with van der Waals surface area (Å²) in [5.41, 5.74) is 1.64. The number of hydrogen-bond acceptors (Lipinski definition) is 1. The van der Waals surface area contributed by atoms with Crippen LogP contribution in [0.2, 0.25) is 0 Å². The highest BCUT2D eigenvalue weighted by Gasteiger charge is 2.13. The molecular weight excluding hydrogens is 384 g/mol. The smallest absolute Gasteiger partial charge is 0.308 e. The first-order valence-electron chi connectivity index (χ1n) is 6.20. The number of rotatable bonds is 3. The van der Waals surface area contributed by atoms with Crippen molar-refractivity contribution in [3.8, 4) is 0 Å². The second-order valence-electron chi connectivity index (χ2n) is 4.16. The van der Waals surface area contributed by atoms with Gasteiger partial charge in [-0.3, -0.25) is 4.90 Å². The van der Waals surface area contributed by atoms with Gasteiger partial charge in [-0.05, 0) is 55.5 Å². The van der Waals surface area contributed by atoms with Crippen LogP contribution >= 0.6 is 31.9 Å². The van der Waals surface area contributed by atoms with Crippen molar-refractivity contribution >= 4 is 49.3 Å². The highest BCUT2D eigenvalue weighted by molar-refractivity contribution is 9.10. The van der Waals surface area contributed by atoms with Crippen LogP contribution in [0.25, 0.3) is 0 Å². The molecule has 0 bridgehead atoms. The molecule has 0 atom stereocenters. The van der Waals surface area contributed by atoms with Crippen LogP contribution in [0.15, 0.2) is 57.5 Å². The Labute approximate surface area is 135 Å². The molecule has 104 valence electrons. The number of anilines is 2. The summed E-state index contributed by atoms with van der Waals surface area (Å²) in [4.78, 5) is 14.0. The number of benzene rings is 2.